The van der Waals surface area contributed by atoms with Crippen LogP contribution in [0.3, 0.4) is 0 Å². The van der Waals surface area contributed by atoms with Gasteiger partial charge >= 0.3 is 0 Å². The summed E-state index contributed by atoms with van der Waals surface area (Å²) in [5.41, 5.74) is 3.02. The van der Waals surface area contributed by atoms with E-state index >= 15 is 0 Å². The minimum atomic E-state index is -0.0704. The Morgan fingerprint density at radius 3 is 2.45 bits per heavy atom. The zero-order chi connectivity index (χ0) is 20.1. The predicted molar refractivity (Wildman–Crippen MR) is 117 cm³/mol. The first kappa shape index (κ1) is 19.7. The number of aryl methyl sites for hydroxylation is 1. The van der Waals surface area contributed by atoms with E-state index in [1.165, 1.54) is 36.9 Å². The number of carbonyl (C=O) groups excluding carboxylic acids is 1. The summed E-state index contributed by atoms with van der Waals surface area (Å²) in [7, 11) is 0. The minimum Gasteiger partial charge on any atom is -0.368 e. The van der Waals surface area contributed by atoms with Crippen LogP contribution < -0.4 is 15.1 Å². The molecule has 1 aromatic carbocycles. The first-order chi connectivity index (χ1) is 14.2. The van der Waals surface area contributed by atoms with Crippen LogP contribution in [0.4, 0.5) is 11.6 Å². The highest BCUT2D eigenvalue weighted by Gasteiger charge is 2.21. The molecule has 0 bridgehead atoms. The van der Waals surface area contributed by atoms with Crippen molar-refractivity contribution >= 4 is 17.5 Å². The second kappa shape index (κ2) is 9.25. The molecular weight excluding hydrogens is 362 g/mol. The lowest BCUT2D eigenvalue weighted by Gasteiger charge is -2.36. The van der Waals surface area contributed by atoms with Gasteiger partial charge in [-0.05, 0) is 43.5 Å². The molecule has 1 saturated heterocycles. The standard InChI is InChI=1S/C23H31N5O/c1-18-7-6-10-20(17-18)27-13-15-28(16-14-27)23-24-12-11-21(26-23)22(29)25-19-8-4-2-3-5-9-19/h6-7,10-12,17,19H,2-5,8-9,13-16H2,1H3,(H,25,29). The number of piperazine rings is 1. The minimum absolute atomic E-state index is 0.0704. The smallest absolute Gasteiger partial charge is 0.270 e. The molecular formula is C23H31N5O. The topological polar surface area (TPSA) is 61.4 Å². The molecule has 1 amide bonds. The van der Waals surface area contributed by atoms with Crippen LogP contribution in [0.25, 0.3) is 0 Å². The SMILES string of the molecule is Cc1cccc(N2CCN(c3nccc(C(=O)NC4CCCCCC4)n3)CC2)c1. The highest BCUT2D eigenvalue weighted by atomic mass is 16.1. The lowest BCUT2D eigenvalue weighted by atomic mass is 10.1. The van der Waals surface area contributed by atoms with E-state index in [0.29, 0.717) is 11.6 Å². The number of hydrogen-bond donors (Lipinski definition) is 1. The van der Waals surface area contributed by atoms with E-state index in [2.05, 4.69) is 56.3 Å². The quantitative estimate of drug-likeness (QED) is 0.805. The molecule has 6 nitrogen and oxygen atoms in total. The van der Waals surface area contributed by atoms with Gasteiger partial charge < -0.3 is 15.1 Å². The lowest BCUT2D eigenvalue weighted by molar-refractivity contribution is 0.0928. The lowest BCUT2D eigenvalue weighted by Crippen LogP contribution is -2.47. The van der Waals surface area contributed by atoms with Crippen LogP contribution in [0.1, 0.15) is 54.6 Å². The Morgan fingerprint density at radius 2 is 1.72 bits per heavy atom. The van der Waals surface area contributed by atoms with Crippen molar-refractivity contribution < 1.29 is 4.79 Å². The third kappa shape index (κ3) is 5.05. The molecule has 0 unspecified atom stereocenters. The van der Waals surface area contributed by atoms with E-state index in [0.717, 1.165) is 39.0 Å². The fourth-order valence-electron chi connectivity index (χ4n) is 4.30. The number of carbonyl (C=O) groups is 1. The van der Waals surface area contributed by atoms with E-state index in [1.54, 1.807) is 12.3 Å². The third-order valence-corrected chi connectivity index (χ3v) is 6.00. The van der Waals surface area contributed by atoms with Gasteiger partial charge in [0.25, 0.3) is 5.91 Å². The number of nitrogens with one attached hydrogen (secondary N) is 1. The molecule has 1 aliphatic heterocycles. The number of benzene rings is 1. The van der Waals surface area contributed by atoms with Gasteiger partial charge in [-0.2, -0.15) is 0 Å². The average Bonchev–Trinajstić information content (AvgIpc) is 3.03. The van der Waals surface area contributed by atoms with Crippen molar-refractivity contribution in [2.75, 3.05) is 36.0 Å². The van der Waals surface area contributed by atoms with Crippen molar-refractivity contribution in [1.29, 1.82) is 0 Å². The van der Waals surface area contributed by atoms with E-state index in [9.17, 15) is 4.79 Å². The summed E-state index contributed by atoms with van der Waals surface area (Å²) >= 11 is 0. The van der Waals surface area contributed by atoms with E-state index in [1.807, 2.05) is 0 Å². The molecule has 1 aliphatic carbocycles. The van der Waals surface area contributed by atoms with Crippen LogP contribution >= 0.6 is 0 Å². The molecule has 2 fully saturated rings. The Hall–Kier alpha value is -2.63. The van der Waals surface area contributed by atoms with Crippen LogP contribution in [-0.4, -0.2) is 48.1 Å². The summed E-state index contributed by atoms with van der Waals surface area (Å²) < 4.78 is 0. The molecule has 4 rings (SSSR count). The monoisotopic (exact) mass is 393 g/mol. The Kier molecular flexibility index (Phi) is 6.27. The van der Waals surface area contributed by atoms with Crippen molar-refractivity contribution in [3.8, 4) is 0 Å². The molecule has 1 aromatic heterocycles. The zero-order valence-electron chi connectivity index (χ0n) is 17.3. The largest absolute Gasteiger partial charge is 0.368 e. The van der Waals surface area contributed by atoms with Crippen LogP contribution in [0.2, 0.25) is 0 Å². The maximum Gasteiger partial charge on any atom is 0.270 e. The van der Waals surface area contributed by atoms with Gasteiger partial charge in [0.2, 0.25) is 5.95 Å². The number of hydrogen-bond acceptors (Lipinski definition) is 5. The van der Waals surface area contributed by atoms with Gasteiger partial charge in [-0.15, -0.1) is 0 Å². The van der Waals surface area contributed by atoms with Gasteiger partial charge in [0, 0.05) is 44.1 Å². The van der Waals surface area contributed by atoms with E-state index < -0.39 is 0 Å². The molecule has 29 heavy (non-hydrogen) atoms. The van der Waals surface area contributed by atoms with E-state index in [-0.39, 0.29) is 11.9 Å². The molecule has 2 aliphatic rings. The first-order valence-electron chi connectivity index (χ1n) is 10.9. The van der Waals surface area contributed by atoms with Crippen molar-refractivity contribution in [1.82, 2.24) is 15.3 Å². The van der Waals surface area contributed by atoms with Crippen molar-refractivity contribution in [2.24, 2.45) is 0 Å². The van der Waals surface area contributed by atoms with Crippen molar-refractivity contribution in [2.45, 2.75) is 51.5 Å². The maximum absolute atomic E-state index is 12.7. The van der Waals surface area contributed by atoms with Gasteiger partial charge in [-0.25, -0.2) is 9.97 Å². The number of aromatic nitrogens is 2. The van der Waals surface area contributed by atoms with Gasteiger partial charge in [0.05, 0.1) is 0 Å². The third-order valence-electron chi connectivity index (χ3n) is 6.00. The normalized spacial score (nSPS) is 18.4. The number of anilines is 2. The molecule has 2 aromatic rings. The van der Waals surface area contributed by atoms with Gasteiger partial charge in [-0.1, -0.05) is 37.8 Å². The summed E-state index contributed by atoms with van der Waals surface area (Å²) in [6.45, 7) is 5.67. The molecule has 6 heteroatoms. The molecule has 1 N–H and O–H groups in total. The molecule has 0 spiro atoms. The Bertz CT molecular complexity index is 824. The fourth-order valence-corrected chi connectivity index (χ4v) is 4.30. The van der Waals surface area contributed by atoms with Gasteiger partial charge in [-0.3, -0.25) is 4.79 Å². The zero-order valence-corrected chi connectivity index (χ0v) is 17.3. The summed E-state index contributed by atoms with van der Waals surface area (Å²) in [6.07, 6.45) is 8.81. The van der Waals surface area contributed by atoms with Crippen molar-refractivity contribution in [3.63, 3.8) is 0 Å². The Morgan fingerprint density at radius 1 is 1.00 bits per heavy atom. The second-order valence-electron chi connectivity index (χ2n) is 8.22. The predicted octanol–water partition coefficient (Wildman–Crippen LogP) is 3.56. The molecule has 1 saturated carbocycles. The molecule has 154 valence electrons. The van der Waals surface area contributed by atoms with Gasteiger partial charge in [0.15, 0.2) is 0 Å². The number of amides is 1. The molecule has 2 heterocycles. The van der Waals surface area contributed by atoms with Gasteiger partial charge in [0.1, 0.15) is 5.69 Å². The van der Waals surface area contributed by atoms with Crippen LogP contribution in [0.15, 0.2) is 36.5 Å². The first-order valence-corrected chi connectivity index (χ1v) is 10.9. The molecule has 0 atom stereocenters. The number of rotatable bonds is 4. The average molecular weight is 394 g/mol. The van der Waals surface area contributed by atoms with E-state index in [4.69, 9.17) is 0 Å². The number of nitrogens with zero attached hydrogens (tertiary/aromatic N) is 4. The highest BCUT2D eigenvalue weighted by Crippen LogP contribution is 2.20. The molecule has 0 radical (unpaired) electrons. The maximum atomic E-state index is 12.7. The van der Waals surface area contributed by atoms with Crippen LogP contribution in [-0.2, 0) is 0 Å². The highest BCUT2D eigenvalue weighted by molar-refractivity contribution is 5.92. The second-order valence-corrected chi connectivity index (χ2v) is 8.22. The summed E-state index contributed by atoms with van der Waals surface area (Å²) in [5.74, 6) is 0.585. The summed E-state index contributed by atoms with van der Waals surface area (Å²) in [6, 6.07) is 10.6. The summed E-state index contributed by atoms with van der Waals surface area (Å²) in [5, 5.41) is 3.18. The fraction of sp³-hybridized carbons (Fsp3) is 0.522. The van der Waals surface area contributed by atoms with Crippen LogP contribution in [0, 0.1) is 6.92 Å². The van der Waals surface area contributed by atoms with Crippen molar-refractivity contribution in [3.05, 3.63) is 47.8 Å². The Labute approximate surface area is 173 Å². The summed E-state index contributed by atoms with van der Waals surface area (Å²) in [4.78, 5) is 26.3. The van der Waals surface area contributed by atoms with Crippen LogP contribution in [0.5, 0.6) is 0 Å². The Balaban J connectivity index is 1.37.